The molecule has 1 aromatic heterocycles. The van der Waals surface area contributed by atoms with E-state index >= 15 is 0 Å². The zero-order valence-corrected chi connectivity index (χ0v) is 17.3. The second kappa shape index (κ2) is 7.07. The molecule has 2 unspecified atom stereocenters. The standard InChI is InChI=1S/C22H22ClN3OS/c1-14-21-20(16-7-3-5-9-19(16)24-21)17(15-6-2-4-8-18(15)23)12-26(14)13-25-10-11-27-22(25)28/h2-9,14,17,24H,10-13H2,1H3. The van der Waals surface area contributed by atoms with Gasteiger partial charge in [-0.1, -0.05) is 48.0 Å². The van der Waals surface area contributed by atoms with Gasteiger partial charge < -0.3 is 14.6 Å². The van der Waals surface area contributed by atoms with E-state index in [2.05, 4.69) is 58.1 Å². The smallest absolute Gasteiger partial charge is 0.260 e. The van der Waals surface area contributed by atoms with E-state index in [0.29, 0.717) is 11.8 Å². The number of benzene rings is 2. The molecule has 28 heavy (non-hydrogen) atoms. The van der Waals surface area contributed by atoms with Crippen molar-refractivity contribution in [2.24, 2.45) is 0 Å². The van der Waals surface area contributed by atoms with Gasteiger partial charge in [-0.25, -0.2) is 0 Å². The first-order valence-electron chi connectivity index (χ1n) is 9.64. The van der Waals surface area contributed by atoms with Gasteiger partial charge in [0.2, 0.25) is 0 Å². The molecule has 6 heteroatoms. The van der Waals surface area contributed by atoms with E-state index in [4.69, 9.17) is 28.6 Å². The lowest BCUT2D eigenvalue weighted by Gasteiger charge is -2.40. The molecule has 0 amide bonds. The van der Waals surface area contributed by atoms with E-state index < -0.39 is 0 Å². The Balaban J connectivity index is 1.62. The fraction of sp³-hybridized carbons (Fsp3) is 0.318. The van der Waals surface area contributed by atoms with Crippen molar-refractivity contribution in [1.29, 1.82) is 0 Å². The second-order valence-corrected chi connectivity index (χ2v) is 8.30. The van der Waals surface area contributed by atoms with Gasteiger partial charge in [-0.05, 0) is 42.4 Å². The first kappa shape index (κ1) is 18.0. The Labute approximate surface area is 175 Å². The number of hydrogen-bond donors (Lipinski definition) is 1. The van der Waals surface area contributed by atoms with Crippen LogP contribution in [0.25, 0.3) is 10.9 Å². The van der Waals surface area contributed by atoms with Gasteiger partial charge in [0.1, 0.15) is 6.61 Å². The number of rotatable bonds is 3. The van der Waals surface area contributed by atoms with Gasteiger partial charge in [0, 0.05) is 40.1 Å². The predicted octanol–water partition coefficient (Wildman–Crippen LogP) is 4.90. The average Bonchev–Trinajstić information content (AvgIpc) is 3.29. The number of H-pyrrole nitrogens is 1. The van der Waals surface area contributed by atoms with Crippen molar-refractivity contribution in [2.75, 3.05) is 26.4 Å². The fourth-order valence-electron chi connectivity index (χ4n) is 4.52. The van der Waals surface area contributed by atoms with E-state index in [1.165, 1.54) is 27.7 Å². The maximum absolute atomic E-state index is 6.64. The van der Waals surface area contributed by atoms with Gasteiger partial charge in [-0.15, -0.1) is 0 Å². The molecule has 3 heterocycles. The van der Waals surface area contributed by atoms with E-state index in [-0.39, 0.29) is 12.0 Å². The first-order chi connectivity index (χ1) is 13.6. The van der Waals surface area contributed by atoms with Crippen molar-refractivity contribution in [3.8, 4) is 0 Å². The SMILES string of the molecule is CC1c2[nH]c3ccccc3c2C(c2ccccc2Cl)CN1CN1CCOC1=S. The predicted molar refractivity (Wildman–Crippen MR) is 117 cm³/mol. The van der Waals surface area contributed by atoms with Crippen molar-refractivity contribution in [1.82, 2.24) is 14.8 Å². The van der Waals surface area contributed by atoms with Crippen LogP contribution >= 0.6 is 23.8 Å². The zero-order valence-electron chi connectivity index (χ0n) is 15.7. The number of halogens is 1. The minimum Gasteiger partial charge on any atom is -0.469 e. The highest BCUT2D eigenvalue weighted by molar-refractivity contribution is 7.80. The van der Waals surface area contributed by atoms with Crippen LogP contribution in [0, 0.1) is 0 Å². The minimum atomic E-state index is 0.202. The Morgan fingerprint density at radius 2 is 1.96 bits per heavy atom. The summed E-state index contributed by atoms with van der Waals surface area (Å²) in [6.07, 6.45) is 0. The van der Waals surface area contributed by atoms with Gasteiger partial charge in [-0.3, -0.25) is 4.90 Å². The van der Waals surface area contributed by atoms with Crippen LogP contribution in [-0.2, 0) is 4.74 Å². The highest BCUT2D eigenvalue weighted by atomic mass is 35.5. The second-order valence-electron chi connectivity index (χ2n) is 7.54. The summed E-state index contributed by atoms with van der Waals surface area (Å²) in [6, 6.07) is 17.0. The third-order valence-electron chi connectivity index (χ3n) is 5.99. The average molecular weight is 412 g/mol. The Hall–Kier alpha value is -2.08. The van der Waals surface area contributed by atoms with Gasteiger partial charge in [0.25, 0.3) is 5.17 Å². The van der Waals surface area contributed by atoms with E-state index in [1.54, 1.807) is 0 Å². The van der Waals surface area contributed by atoms with Crippen molar-refractivity contribution < 1.29 is 4.74 Å². The Kier molecular flexibility index (Phi) is 4.54. The Morgan fingerprint density at radius 3 is 2.75 bits per heavy atom. The molecule has 0 spiro atoms. The largest absolute Gasteiger partial charge is 0.469 e. The lowest BCUT2D eigenvalue weighted by Crippen LogP contribution is -2.44. The summed E-state index contributed by atoms with van der Waals surface area (Å²) in [5, 5.41) is 2.70. The van der Waals surface area contributed by atoms with Crippen LogP contribution in [0.2, 0.25) is 5.02 Å². The molecular formula is C22H22ClN3OS. The summed E-state index contributed by atoms with van der Waals surface area (Å²) in [5.74, 6) is 0.202. The highest BCUT2D eigenvalue weighted by Gasteiger charge is 2.36. The van der Waals surface area contributed by atoms with Crippen molar-refractivity contribution in [3.05, 3.63) is 70.4 Å². The third-order valence-corrected chi connectivity index (χ3v) is 6.71. The number of hydrogen-bond acceptors (Lipinski definition) is 3. The van der Waals surface area contributed by atoms with Crippen molar-refractivity contribution in [2.45, 2.75) is 18.9 Å². The molecule has 0 radical (unpaired) electrons. The molecule has 2 atom stereocenters. The normalized spacial score (nSPS) is 22.5. The third kappa shape index (κ3) is 2.89. The summed E-state index contributed by atoms with van der Waals surface area (Å²) in [7, 11) is 0. The van der Waals surface area contributed by atoms with Crippen LogP contribution in [0.4, 0.5) is 0 Å². The molecule has 144 valence electrons. The van der Waals surface area contributed by atoms with Crippen LogP contribution in [-0.4, -0.2) is 46.3 Å². The summed E-state index contributed by atoms with van der Waals surface area (Å²) in [5.41, 5.74) is 4.99. The quantitative estimate of drug-likeness (QED) is 0.621. The van der Waals surface area contributed by atoms with Gasteiger partial charge in [0.15, 0.2) is 0 Å². The lowest BCUT2D eigenvalue weighted by molar-refractivity contribution is 0.130. The molecule has 2 aliphatic heterocycles. The number of ether oxygens (including phenoxy) is 1. The Bertz CT molecular complexity index is 1050. The maximum atomic E-state index is 6.64. The molecular weight excluding hydrogens is 390 g/mol. The summed E-state index contributed by atoms with van der Waals surface area (Å²) in [6.45, 7) is 5.43. The summed E-state index contributed by atoms with van der Waals surface area (Å²) < 4.78 is 5.49. The molecule has 5 rings (SSSR count). The number of nitrogens with one attached hydrogen (secondary N) is 1. The molecule has 1 fully saturated rings. The van der Waals surface area contributed by atoms with E-state index in [1.807, 2.05) is 12.1 Å². The fourth-order valence-corrected chi connectivity index (χ4v) is 5.02. The molecule has 4 nitrogen and oxygen atoms in total. The van der Waals surface area contributed by atoms with Gasteiger partial charge in [-0.2, -0.15) is 0 Å². The topological polar surface area (TPSA) is 31.5 Å². The summed E-state index contributed by atoms with van der Waals surface area (Å²) >= 11 is 12.0. The van der Waals surface area contributed by atoms with Crippen LogP contribution in [0.3, 0.4) is 0 Å². The summed E-state index contributed by atoms with van der Waals surface area (Å²) in [4.78, 5) is 8.29. The van der Waals surface area contributed by atoms with Crippen LogP contribution in [0.5, 0.6) is 0 Å². The molecule has 2 aliphatic rings. The maximum Gasteiger partial charge on any atom is 0.260 e. The molecule has 3 aromatic rings. The number of aromatic nitrogens is 1. The molecule has 1 saturated heterocycles. The zero-order chi connectivity index (χ0) is 19.3. The number of aromatic amines is 1. The van der Waals surface area contributed by atoms with Crippen molar-refractivity contribution in [3.63, 3.8) is 0 Å². The highest BCUT2D eigenvalue weighted by Crippen LogP contribution is 2.44. The van der Waals surface area contributed by atoms with Gasteiger partial charge >= 0.3 is 0 Å². The van der Waals surface area contributed by atoms with E-state index in [0.717, 1.165) is 24.8 Å². The van der Waals surface area contributed by atoms with Crippen LogP contribution in [0.15, 0.2) is 48.5 Å². The van der Waals surface area contributed by atoms with Crippen LogP contribution < -0.4 is 0 Å². The molecule has 0 bridgehead atoms. The molecule has 0 saturated carbocycles. The number of thiocarbonyl (C=S) groups is 1. The Morgan fingerprint density at radius 1 is 1.18 bits per heavy atom. The minimum absolute atomic E-state index is 0.202. The molecule has 0 aliphatic carbocycles. The van der Waals surface area contributed by atoms with Gasteiger partial charge in [0.05, 0.1) is 13.2 Å². The monoisotopic (exact) mass is 411 g/mol. The number of nitrogens with zero attached hydrogens (tertiary/aromatic N) is 2. The number of para-hydroxylation sites is 1. The molecule has 1 N–H and O–H groups in total. The lowest BCUT2D eigenvalue weighted by atomic mass is 9.84. The van der Waals surface area contributed by atoms with E-state index in [9.17, 15) is 0 Å². The van der Waals surface area contributed by atoms with Crippen molar-refractivity contribution >= 4 is 39.9 Å². The van der Waals surface area contributed by atoms with Crippen LogP contribution in [0.1, 0.15) is 35.7 Å². The molecule has 2 aromatic carbocycles. The number of fused-ring (bicyclic) bond motifs is 3. The first-order valence-corrected chi connectivity index (χ1v) is 10.4.